The van der Waals surface area contributed by atoms with Crippen LogP contribution in [0.1, 0.15) is 31.4 Å². The molecule has 0 spiro atoms. The van der Waals surface area contributed by atoms with Crippen LogP contribution in [0.4, 0.5) is 10.5 Å². The Kier molecular flexibility index (Phi) is 6.03. The van der Waals surface area contributed by atoms with E-state index in [1.54, 1.807) is 6.92 Å². The number of anilines is 1. The first-order valence-electron chi connectivity index (χ1n) is 6.86. The fourth-order valence-electron chi connectivity index (χ4n) is 1.88. The summed E-state index contributed by atoms with van der Waals surface area (Å²) in [6, 6.07) is 4.86. The molecule has 0 aliphatic rings. The van der Waals surface area contributed by atoms with Gasteiger partial charge in [0.05, 0.1) is 0 Å². The Bertz CT molecular complexity index is 466. The fourth-order valence-corrected chi connectivity index (χ4v) is 1.88. The Morgan fingerprint density at radius 1 is 1.15 bits per heavy atom. The Morgan fingerprint density at radius 3 is 2.30 bits per heavy atom. The highest BCUT2D eigenvalue weighted by Crippen LogP contribution is 2.13. The monoisotopic (exact) mass is 277 g/mol. The van der Waals surface area contributed by atoms with E-state index >= 15 is 0 Å². The largest absolute Gasteiger partial charge is 0.354 e. The molecule has 1 atom stereocenters. The third-order valence-corrected chi connectivity index (χ3v) is 2.77. The molecule has 0 fully saturated rings. The van der Waals surface area contributed by atoms with E-state index in [4.69, 9.17) is 0 Å². The second-order valence-corrected chi connectivity index (χ2v) is 4.99. The summed E-state index contributed by atoms with van der Waals surface area (Å²) in [7, 11) is 0. The van der Waals surface area contributed by atoms with E-state index in [0.29, 0.717) is 6.54 Å². The molecule has 110 valence electrons. The van der Waals surface area contributed by atoms with E-state index in [1.807, 2.05) is 39.0 Å². The predicted molar refractivity (Wildman–Crippen MR) is 80.8 cm³/mol. The first-order chi connectivity index (χ1) is 9.42. The molecule has 3 amide bonds. The van der Waals surface area contributed by atoms with Crippen LogP contribution >= 0.6 is 0 Å². The SMILES string of the molecule is CCCNC(=O)C(C)NC(=O)Nc1cc(C)cc(C)c1. The van der Waals surface area contributed by atoms with Crippen molar-refractivity contribution in [2.45, 2.75) is 40.2 Å². The lowest BCUT2D eigenvalue weighted by Gasteiger charge is -2.15. The van der Waals surface area contributed by atoms with Crippen molar-refractivity contribution in [1.82, 2.24) is 10.6 Å². The number of carbonyl (C=O) groups is 2. The molecule has 0 aliphatic carbocycles. The lowest BCUT2D eigenvalue weighted by Crippen LogP contribution is -2.46. The van der Waals surface area contributed by atoms with Gasteiger partial charge in [-0.2, -0.15) is 0 Å². The zero-order valence-corrected chi connectivity index (χ0v) is 12.5. The second kappa shape index (κ2) is 7.53. The summed E-state index contributed by atoms with van der Waals surface area (Å²) in [5.41, 5.74) is 2.88. The van der Waals surface area contributed by atoms with Gasteiger partial charge in [0.1, 0.15) is 6.04 Å². The van der Waals surface area contributed by atoms with Crippen molar-refractivity contribution in [2.24, 2.45) is 0 Å². The van der Waals surface area contributed by atoms with Crippen molar-refractivity contribution < 1.29 is 9.59 Å². The number of carbonyl (C=O) groups excluding carboxylic acids is 2. The number of hydrogen-bond acceptors (Lipinski definition) is 2. The second-order valence-electron chi connectivity index (χ2n) is 4.99. The first-order valence-corrected chi connectivity index (χ1v) is 6.86. The van der Waals surface area contributed by atoms with E-state index < -0.39 is 6.04 Å². The van der Waals surface area contributed by atoms with E-state index in [9.17, 15) is 9.59 Å². The van der Waals surface area contributed by atoms with Crippen molar-refractivity contribution in [3.8, 4) is 0 Å². The maximum absolute atomic E-state index is 11.8. The van der Waals surface area contributed by atoms with E-state index in [2.05, 4.69) is 16.0 Å². The molecule has 0 aromatic heterocycles. The van der Waals surface area contributed by atoms with Gasteiger partial charge in [-0.25, -0.2) is 4.79 Å². The molecule has 1 aromatic rings. The summed E-state index contributed by atoms with van der Waals surface area (Å²) in [4.78, 5) is 23.5. The van der Waals surface area contributed by atoms with Crippen LogP contribution in [0.25, 0.3) is 0 Å². The van der Waals surface area contributed by atoms with E-state index in [0.717, 1.165) is 23.2 Å². The number of aryl methyl sites for hydroxylation is 2. The number of benzene rings is 1. The zero-order valence-electron chi connectivity index (χ0n) is 12.5. The van der Waals surface area contributed by atoms with Crippen LogP contribution < -0.4 is 16.0 Å². The van der Waals surface area contributed by atoms with Gasteiger partial charge in [0.25, 0.3) is 0 Å². The number of amides is 3. The Labute approximate surface area is 120 Å². The van der Waals surface area contributed by atoms with Crippen molar-refractivity contribution >= 4 is 17.6 Å². The van der Waals surface area contributed by atoms with Gasteiger partial charge in [0.2, 0.25) is 5.91 Å². The summed E-state index contributed by atoms with van der Waals surface area (Å²) in [6.07, 6.45) is 0.868. The lowest BCUT2D eigenvalue weighted by molar-refractivity contribution is -0.122. The standard InChI is InChI=1S/C15H23N3O2/c1-5-6-16-14(19)12(4)17-15(20)18-13-8-10(2)7-11(3)9-13/h7-9,12H,5-6H2,1-4H3,(H,16,19)(H2,17,18,20). The third-order valence-electron chi connectivity index (χ3n) is 2.77. The van der Waals surface area contributed by atoms with Crippen LogP contribution in [0.15, 0.2) is 18.2 Å². The quantitative estimate of drug-likeness (QED) is 0.773. The number of nitrogens with one attached hydrogen (secondary N) is 3. The molecule has 0 radical (unpaired) electrons. The minimum absolute atomic E-state index is 0.178. The predicted octanol–water partition coefficient (Wildman–Crippen LogP) is 2.34. The molecule has 1 aromatic carbocycles. The van der Waals surface area contributed by atoms with Gasteiger partial charge in [0, 0.05) is 12.2 Å². The maximum Gasteiger partial charge on any atom is 0.319 e. The van der Waals surface area contributed by atoms with Crippen LogP contribution in [0.2, 0.25) is 0 Å². The first kappa shape index (κ1) is 16.0. The summed E-state index contributed by atoms with van der Waals surface area (Å²) < 4.78 is 0. The third kappa shape index (κ3) is 5.30. The van der Waals surface area contributed by atoms with Gasteiger partial charge < -0.3 is 16.0 Å². The van der Waals surface area contributed by atoms with Crippen LogP contribution in [-0.2, 0) is 4.79 Å². The minimum Gasteiger partial charge on any atom is -0.354 e. The Hall–Kier alpha value is -2.04. The van der Waals surface area contributed by atoms with Gasteiger partial charge in [-0.15, -0.1) is 0 Å². The Morgan fingerprint density at radius 2 is 1.75 bits per heavy atom. The van der Waals surface area contributed by atoms with Gasteiger partial charge >= 0.3 is 6.03 Å². The molecule has 0 saturated carbocycles. The van der Waals surface area contributed by atoms with Gasteiger partial charge in [-0.3, -0.25) is 4.79 Å². The summed E-state index contributed by atoms with van der Waals surface area (Å²) in [5, 5.41) is 8.09. The smallest absolute Gasteiger partial charge is 0.319 e. The molecule has 1 unspecified atom stereocenters. The average Bonchev–Trinajstić information content (AvgIpc) is 2.34. The normalized spacial score (nSPS) is 11.6. The van der Waals surface area contributed by atoms with Crippen LogP contribution in [0.3, 0.4) is 0 Å². The molecule has 1 rings (SSSR count). The molecule has 0 bridgehead atoms. The highest BCUT2D eigenvalue weighted by Gasteiger charge is 2.14. The minimum atomic E-state index is -0.563. The average molecular weight is 277 g/mol. The van der Waals surface area contributed by atoms with Crippen LogP contribution in [0.5, 0.6) is 0 Å². The summed E-state index contributed by atoms with van der Waals surface area (Å²) in [6.45, 7) is 8.19. The molecule has 0 aliphatic heterocycles. The Balaban J connectivity index is 2.52. The molecular formula is C15H23N3O2. The topological polar surface area (TPSA) is 70.2 Å². The molecular weight excluding hydrogens is 254 g/mol. The van der Waals surface area contributed by atoms with Crippen LogP contribution in [-0.4, -0.2) is 24.5 Å². The molecule has 0 heterocycles. The summed E-state index contributed by atoms with van der Waals surface area (Å²) >= 11 is 0. The van der Waals surface area contributed by atoms with Gasteiger partial charge in [0.15, 0.2) is 0 Å². The van der Waals surface area contributed by atoms with E-state index in [1.165, 1.54) is 0 Å². The maximum atomic E-state index is 11.8. The molecule has 3 N–H and O–H groups in total. The number of rotatable bonds is 5. The van der Waals surface area contributed by atoms with E-state index in [-0.39, 0.29) is 11.9 Å². The van der Waals surface area contributed by atoms with Gasteiger partial charge in [-0.1, -0.05) is 13.0 Å². The number of urea groups is 1. The molecule has 5 nitrogen and oxygen atoms in total. The number of hydrogen-bond donors (Lipinski definition) is 3. The van der Waals surface area contributed by atoms with Crippen molar-refractivity contribution in [3.63, 3.8) is 0 Å². The highest BCUT2D eigenvalue weighted by molar-refractivity contribution is 5.93. The lowest BCUT2D eigenvalue weighted by atomic mass is 10.1. The molecule has 0 saturated heterocycles. The fraction of sp³-hybridized carbons (Fsp3) is 0.467. The highest BCUT2D eigenvalue weighted by atomic mass is 16.2. The molecule has 5 heteroatoms. The van der Waals surface area contributed by atoms with Crippen LogP contribution in [0, 0.1) is 13.8 Å². The van der Waals surface area contributed by atoms with Crippen molar-refractivity contribution in [3.05, 3.63) is 29.3 Å². The van der Waals surface area contributed by atoms with Gasteiger partial charge in [-0.05, 0) is 50.5 Å². The van der Waals surface area contributed by atoms with Crippen molar-refractivity contribution in [2.75, 3.05) is 11.9 Å². The summed E-state index contributed by atoms with van der Waals surface area (Å²) in [5.74, 6) is -0.178. The van der Waals surface area contributed by atoms with Crippen molar-refractivity contribution in [1.29, 1.82) is 0 Å². The molecule has 20 heavy (non-hydrogen) atoms. The zero-order chi connectivity index (χ0) is 15.1.